The fraction of sp³-hybridized carbons (Fsp3) is 0.542. The maximum Gasteiger partial charge on any atom is 0.226 e. The van der Waals surface area contributed by atoms with Gasteiger partial charge in [-0.05, 0) is 32.6 Å². The first-order chi connectivity index (χ1) is 17.1. The third-order valence-electron chi connectivity index (χ3n) is 6.98. The minimum absolute atomic E-state index is 0.304. The summed E-state index contributed by atoms with van der Waals surface area (Å²) in [6.45, 7) is 3.52. The van der Waals surface area contributed by atoms with Gasteiger partial charge in [0.25, 0.3) is 0 Å². The van der Waals surface area contributed by atoms with Crippen molar-refractivity contribution in [3.8, 4) is 6.07 Å². The van der Waals surface area contributed by atoms with E-state index in [2.05, 4.69) is 46.9 Å². The molecule has 0 amide bonds. The Morgan fingerprint density at radius 2 is 2.03 bits per heavy atom. The molecule has 0 spiro atoms. The summed E-state index contributed by atoms with van der Waals surface area (Å²) in [5, 5.41) is 30.2. The lowest BCUT2D eigenvalue weighted by Gasteiger charge is -2.48. The summed E-state index contributed by atoms with van der Waals surface area (Å²) in [6.07, 6.45) is 10.1. The van der Waals surface area contributed by atoms with Gasteiger partial charge in [0.1, 0.15) is 11.6 Å². The van der Waals surface area contributed by atoms with Gasteiger partial charge in [0.05, 0.1) is 12.3 Å². The van der Waals surface area contributed by atoms with Gasteiger partial charge in [-0.1, -0.05) is 6.42 Å². The van der Waals surface area contributed by atoms with E-state index in [1.807, 2.05) is 38.5 Å². The van der Waals surface area contributed by atoms with Crippen LogP contribution in [0.25, 0.3) is 0 Å². The van der Waals surface area contributed by atoms with Gasteiger partial charge in [-0.25, -0.2) is 0 Å². The fourth-order valence-electron chi connectivity index (χ4n) is 5.41. The van der Waals surface area contributed by atoms with Gasteiger partial charge >= 0.3 is 0 Å². The van der Waals surface area contributed by atoms with Gasteiger partial charge in [0.15, 0.2) is 5.82 Å². The molecule has 3 aromatic rings. The minimum atomic E-state index is 0.304. The maximum absolute atomic E-state index is 9.06. The number of H-pyrrole nitrogens is 2. The SMILES string of the molecule is Cc1cc(Nc2cc(N(C)Cc3cn[nH]c3)nc(N[C@@H]3C[C@H]4CCC[C@@H](C3)N4CCC#N)n2)n[nH]1. The van der Waals surface area contributed by atoms with E-state index in [-0.39, 0.29) is 0 Å². The summed E-state index contributed by atoms with van der Waals surface area (Å²) in [7, 11) is 2.01. The standard InChI is InChI=1S/C24H33N11/c1-16-9-22(33-32-16)29-21-12-23(34(2)15-17-13-26-27-14-17)31-24(30-21)28-18-10-19-5-3-6-20(11-18)35(19)8-4-7-25/h9,12-14,18-20H,3-6,8,10-11,15H2,1-2H3,(H,26,27)(H3,28,29,30,31,32,33)/t18-,19-,20+. The highest BCUT2D eigenvalue weighted by molar-refractivity contribution is 5.59. The Bertz CT molecular complexity index is 1130. The van der Waals surface area contributed by atoms with Crippen molar-refractivity contribution in [3.63, 3.8) is 0 Å². The first-order valence-corrected chi connectivity index (χ1v) is 12.3. The normalized spacial score (nSPS) is 21.9. The first-order valence-electron chi connectivity index (χ1n) is 12.3. The molecule has 5 heterocycles. The maximum atomic E-state index is 9.06. The van der Waals surface area contributed by atoms with Gasteiger partial charge in [0, 0.05) is 74.3 Å². The van der Waals surface area contributed by atoms with Crippen molar-refractivity contribution in [2.45, 2.75) is 70.1 Å². The zero-order valence-electron chi connectivity index (χ0n) is 20.3. The van der Waals surface area contributed by atoms with Crippen LogP contribution in [0, 0.1) is 18.3 Å². The summed E-state index contributed by atoms with van der Waals surface area (Å²) in [5.41, 5.74) is 2.06. The summed E-state index contributed by atoms with van der Waals surface area (Å²) >= 11 is 0. The molecule has 184 valence electrons. The predicted molar refractivity (Wildman–Crippen MR) is 134 cm³/mol. The highest BCUT2D eigenvalue weighted by Crippen LogP contribution is 2.35. The molecule has 2 bridgehead atoms. The minimum Gasteiger partial charge on any atom is -0.355 e. The second-order valence-electron chi connectivity index (χ2n) is 9.66. The summed E-state index contributed by atoms with van der Waals surface area (Å²) in [6, 6.07) is 7.54. The summed E-state index contributed by atoms with van der Waals surface area (Å²) < 4.78 is 0. The van der Waals surface area contributed by atoms with Gasteiger partial charge in [-0.15, -0.1) is 0 Å². The zero-order chi connectivity index (χ0) is 24.2. The topological polar surface area (TPSA) is 137 Å². The van der Waals surface area contributed by atoms with Gasteiger partial charge in [0.2, 0.25) is 5.95 Å². The number of aryl methyl sites for hydroxylation is 1. The van der Waals surface area contributed by atoms with E-state index in [1.165, 1.54) is 19.3 Å². The monoisotopic (exact) mass is 475 g/mol. The molecule has 2 aliphatic heterocycles. The van der Waals surface area contributed by atoms with Crippen molar-refractivity contribution in [2.24, 2.45) is 0 Å². The number of hydrogen-bond donors (Lipinski definition) is 4. The van der Waals surface area contributed by atoms with Crippen molar-refractivity contribution >= 4 is 23.4 Å². The molecule has 2 fully saturated rings. The number of nitriles is 1. The van der Waals surface area contributed by atoms with E-state index >= 15 is 0 Å². The molecule has 11 heteroatoms. The van der Waals surface area contributed by atoms with Gasteiger partial charge < -0.3 is 15.5 Å². The predicted octanol–water partition coefficient (Wildman–Crippen LogP) is 3.32. The molecule has 0 radical (unpaired) electrons. The second kappa shape index (κ2) is 10.3. The van der Waals surface area contributed by atoms with Crippen LogP contribution in [0.5, 0.6) is 0 Å². The first kappa shape index (κ1) is 23.1. The quantitative estimate of drug-likeness (QED) is 0.367. The van der Waals surface area contributed by atoms with Gasteiger partial charge in [-0.3, -0.25) is 15.1 Å². The third-order valence-corrected chi connectivity index (χ3v) is 6.98. The smallest absolute Gasteiger partial charge is 0.226 e. The largest absolute Gasteiger partial charge is 0.355 e. The lowest BCUT2D eigenvalue weighted by Crippen LogP contribution is -2.55. The number of aromatic amines is 2. The zero-order valence-corrected chi connectivity index (χ0v) is 20.3. The Morgan fingerprint density at radius 1 is 1.20 bits per heavy atom. The molecule has 0 unspecified atom stereocenters. The lowest BCUT2D eigenvalue weighted by atomic mass is 9.81. The number of anilines is 4. The van der Waals surface area contributed by atoms with Crippen LogP contribution in [-0.4, -0.2) is 67.0 Å². The highest BCUT2D eigenvalue weighted by atomic mass is 15.3. The van der Waals surface area contributed by atoms with E-state index in [1.54, 1.807) is 0 Å². The number of rotatable bonds is 9. The molecule has 35 heavy (non-hydrogen) atoms. The van der Waals surface area contributed by atoms with E-state index in [0.29, 0.717) is 42.9 Å². The number of aromatic nitrogens is 6. The van der Waals surface area contributed by atoms with Crippen LogP contribution in [0.15, 0.2) is 24.5 Å². The molecule has 0 aromatic carbocycles. The van der Waals surface area contributed by atoms with Crippen LogP contribution in [0.3, 0.4) is 0 Å². The molecule has 3 aromatic heterocycles. The third kappa shape index (κ3) is 5.54. The Kier molecular flexibility index (Phi) is 6.81. The second-order valence-corrected chi connectivity index (χ2v) is 9.66. The molecule has 11 nitrogen and oxygen atoms in total. The van der Waals surface area contributed by atoms with E-state index < -0.39 is 0 Å². The molecular weight excluding hydrogens is 442 g/mol. The number of fused-ring (bicyclic) bond motifs is 2. The molecule has 2 saturated heterocycles. The van der Waals surface area contributed by atoms with Crippen LogP contribution in [0.2, 0.25) is 0 Å². The van der Waals surface area contributed by atoms with Gasteiger partial charge in [-0.2, -0.15) is 25.4 Å². The van der Waals surface area contributed by atoms with Crippen molar-refractivity contribution < 1.29 is 0 Å². The van der Waals surface area contributed by atoms with Crippen LogP contribution in [0.4, 0.5) is 23.4 Å². The van der Waals surface area contributed by atoms with E-state index in [9.17, 15) is 0 Å². The molecule has 0 aliphatic carbocycles. The lowest BCUT2D eigenvalue weighted by molar-refractivity contribution is 0.0369. The molecular formula is C24H33N11. The summed E-state index contributed by atoms with van der Waals surface area (Å²) in [4.78, 5) is 14.3. The van der Waals surface area contributed by atoms with E-state index in [0.717, 1.165) is 42.3 Å². The average Bonchev–Trinajstić information content (AvgIpc) is 3.49. The highest BCUT2D eigenvalue weighted by Gasteiger charge is 2.38. The Labute approximate surface area is 205 Å². The van der Waals surface area contributed by atoms with Crippen molar-refractivity contribution in [1.29, 1.82) is 5.26 Å². The van der Waals surface area contributed by atoms with Crippen molar-refractivity contribution in [2.75, 3.05) is 29.1 Å². The average molecular weight is 476 g/mol. The Morgan fingerprint density at radius 3 is 2.71 bits per heavy atom. The molecule has 4 N–H and O–H groups in total. The van der Waals surface area contributed by atoms with Crippen molar-refractivity contribution in [3.05, 3.63) is 35.8 Å². The molecule has 5 rings (SSSR count). The van der Waals surface area contributed by atoms with Crippen molar-refractivity contribution in [1.82, 2.24) is 35.3 Å². The number of hydrogen-bond acceptors (Lipinski definition) is 9. The molecule has 0 saturated carbocycles. The number of nitrogens with zero attached hydrogens (tertiary/aromatic N) is 7. The molecule has 3 atom stereocenters. The number of piperidine rings is 2. The Balaban J connectivity index is 1.35. The van der Waals surface area contributed by atoms with Crippen LogP contribution in [0.1, 0.15) is 49.8 Å². The van der Waals surface area contributed by atoms with Crippen LogP contribution in [-0.2, 0) is 6.54 Å². The van der Waals surface area contributed by atoms with Crippen LogP contribution >= 0.6 is 0 Å². The molecule has 2 aliphatic rings. The van der Waals surface area contributed by atoms with E-state index in [4.69, 9.17) is 15.2 Å². The van der Waals surface area contributed by atoms with Crippen LogP contribution < -0.4 is 15.5 Å². The number of nitrogens with one attached hydrogen (secondary N) is 4. The fourth-order valence-corrected chi connectivity index (χ4v) is 5.41. The Hall–Kier alpha value is -3.65. The summed E-state index contributed by atoms with van der Waals surface area (Å²) in [5.74, 6) is 2.83.